The van der Waals surface area contributed by atoms with Gasteiger partial charge in [-0.15, -0.1) is 0 Å². The third kappa shape index (κ3) is 2.10. The van der Waals surface area contributed by atoms with Gasteiger partial charge < -0.3 is 4.90 Å². The molecule has 1 aliphatic heterocycles. The van der Waals surface area contributed by atoms with Crippen molar-refractivity contribution >= 4 is 39.1 Å². The van der Waals surface area contributed by atoms with Crippen LogP contribution in [-0.2, 0) is 9.59 Å². The van der Waals surface area contributed by atoms with E-state index < -0.39 is 11.7 Å². The molecule has 1 aromatic carbocycles. The van der Waals surface area contributed by atoms with Crippen molar-refractivity contribution < 1.29 is 14.4 Å². The maximum Gasteiger partial charge on any atom is 0.299 e. The Morgan fingerprint density at radius 1 is 1.25 bits per heavy atom. The lowest BCUT2D eigenvalue weighted by Gasteiger charge is -2.18. The first kappa shape index (κ1) is 13.5. The zero-order valence-electron chi connectivity index (χ0n) is 10.9. The highest BCUT2D eigenvalue weighted by atomic mass is 79.9. The van der Waals surface area contributed by atoms with E-state index in [1.54, 1.807) is 12.1 Å². The second-order valence-corrected chi connectivity index (χ2v) is 6.12. The summed E-state index contributed by atoms with van der Waals surface area (Å²) < 4.78 is 0.646. The van der Waals surface area contributed by atoms with Crippen LogP contribution in [0.3, 0.4) is 0 Å². The molecule has 1 heterocycles. The van der Waals surface area contributed by atoms with E-state index in [1.165, 1.54) is 4.90 Å². The zero-order chi connectivity index (χ0) is 14.3. The minimum atomic E-state index is -0.489. The SMILES string of the molecule is O=C1C(=O)N(CCC2CCCC2=O)c2cccc(Br)c21. The molecular formula is C15H14BrNO3. The first-order chi connectivity index (χ1) is 9.59. The van der Waals surface area contributed by atoms with E-state index in [-0.39, 0.29) is 11.7 Å². The molecule has 1 aliphatic carbocycles. The van der Waals surface area contributed by atoms with Gasteiger partial charge in [0.2, 0.25) is 0 Å². The molecule has 1 amide bonds. The Kier molecular flexibility index (Phi) is 3.46. The summed E-state index contributed by atoms with van der Waals surface area (Å²) in [5.41, 5.74) is 1.09. The smallest absolute Gasteiger partial charge is 0.299 e. The number of carbonyl (C=O) groups excluding carboxylic acids is 3. The number of hydrogen-bond acceptors (Lipinski definition) is 3. The van der Waals surface area contributed by atoms with Crippen molar-refractivity contribution in [2.24, 2.45) is 5.92 Å². The Balaban J connectivity index is 1.81. The molecular weight excluding hydrogens is 322 g/mol. The van der Waals surface area contributed by atoms with E-state index in [2.05, 4.69) is 15.9 Å². The summed E-state index contributed by atoms with van der Waals surface area (Å²) in [6.07, 6.45) is 3.14. The van der Waals surface area contributed by atoms with Gasteiger partial charge in [-0.3, -0.25) is 14.4 Å². The fraction of sp³-hybridized carbons (Fsp3) is 0.400. The topological polar surface area (TPSA) is 54.5 Å². The first-order valence-electron chi connectivity index (χ1n) is 6.77. The molecule has 1 fully saturated rings. The van der Waals surface area contributed by atoms with E-state index >= 15 is 0 Å². The van der Waals surface area contributed by atoms with E-state index in [1.807, 2.05) is 6.07 Å². The zero-order valence-corrected chi connectivity index (χ0v) is 12.5. The lowest BCUT2D eigenvalue weighted by molar-refractivity contribution is -0.121. The predicted octanol–water partition coefficient (Wildman–Crippen LogP) is 2.74. The monoisotopic (exact) mass is 335 g/mol. The van der Waals surface area contributed by atoms with Crippen LogP contribution in [0.25, 0.3) is 0 Å². The number of ketones is 2. The predicted molar refractivity (Wildman–Crippen MR) is 77.8 cm³/mol. The molecule has 1 saturated carbocycles. The van der Waals surface area contributed by atoms with Gasteiger partial charge in [0.15, 0.2) is 0 Å². The number of rotatable bonds is 3. The van der Waals surface area contributed by atoms with Crippen molar-refractivity contribution in [3.8, 4) is 0 Å². The van der Waals surface area contributed by atoms with E-state index in [9.17, 15) is 14.4 Å². The van der Waals surface area contributed by atoms with Crippen molar-refractivity contribution in [1.29, 1.82) is 0 Å². The van der Waals surface area contributed by atoms with Crippen LogP contribution >= 0.6 is 15.9 Å². The van der Waals surface area contributed by atoms with E-state index in [4.69, 9.17) is 0 Å². The van der Waals surface area contributed by atoms with Crippen molar-refractivity contribution in [2.45, 2.75) is 25.7 Å². The standard InChI is InChI=1S/C15H14BrNO3/c16-10-4-2-5-11-13(10)14(19)15(20)17(11)8-7-9-3-1-6-12(9)18/h2,4-5,9H,1,3,6-8H2. The highest BCUT2D eigenvalue weighted by molar-refractivity contribution is 9.10. The van der Waals surface area contributed by atoms with Crippen molar-refractivity contribution in [3.05, 3.63) is 28.2 Å². The molecule has 3 rings (SSSR count). The van der Waals surface area contributed by atoms with Crippen molar-refractivity contribution in [3.63, 3.8) is 0 Å². The largest absolute Gasteiger partial charge is 0.305 e. The summed E-state index contributed by atoms with van der Waals surface area (Å²) in [4.78, 5) is 37.2. The normalized spacial score (nSPS) is 21.8. The summed E-state index contributed by atoms with van der Waals surface area (Å²) in [7, 11) is 0. The molecule has 1 atom stereocenters. The molecule has 2 aliphatic rings. The quantitative estimate of drug-likeness (QED) is 0.798. The van der Waals surface area contributed by atoms with Gasteiger partial charge in [-0.05, 0) is 47.3 Å². The van der Waals surface area contributed by atoms with Gasteiger partial charge in [-0.25, -0.2) is 0 Å². The van der Waals surface area contributed by atoms with Crippen molar-refractivity contribution in [2.75, 3.05) is 11.4 Å². The number of Topliss-reactive ketones (excluding diaryl/α,β-unsaturated/α-hetero) is 2. The number of benzene rings is 1. The van der Waals surface area contributed by atoms with Crippen LogP contribution in [0.1, 0.15) is 36.0 Å². The van der Waals surface area contributed by atoms with Gasteiger partial charge >= 0.3 is 0 Å². The maximum atomic E-state index is 12.1. The number of halogens is 1. The molecule has 0 N–H and O–H groups in total. The first-order valence-corrected chi connectivity index (χ1v) is 7.56. The highest BCUT2D eigenvalue weighted by Crippen LogP contribution is 2.35. The number of amides is 1. The van der Waals surface area contributed by atoms with Crippen LogP contribution in [0, 0.1) is 5.92 Å². The Hall–Kier alpha value is -1.49. The summed E-state index contributed by atoms with van der Waals surface area (Å²) in [5.74, 6) is -0.617. The van der Waals surface area contributed by atoms with Crippen LogP contribution in [0.15, 0.2) is 22.7 Å². The third-order valence-electron chi connectivity index (χ3n) is 4.08. The molecule has 0 aromatic heterocycles. The molecule has 0 radical (unpaired) electrons. The van der Waals surface area contributed by atoms with Gasteiger partial charge in [-0.1, -0.05) is 6.07 Å². The Bertz CT molecular complexity index is 611. The highest BCUT2D eigenvalue weighted by Gasteiger charge is 2.37. The fourth-order valence-corrected chi connectivity index (χ4v) is 3.54. The van der Waals surface area contributed by atoms with Gasteiger partial charge in [0.25, 0.3) is 11.7 Å². The van der Waals surface area contributed by atoms with Crippen molar-refractivity contribution in [1.82, 2.24) is 0 Å². The molecule has 4 nitrogen and oxygen atoms in total. The van der Waals surface area contributed by atoms with Gasteiger partial charge in [0, 0.05) is 23.4 Å². The number of nitrogens with zero attached hydrogens (tertiary/aromatic N) is 1. The van der Waals surface area contributed by atoms with Crippen LogP contribution in [0.4, 0.5) is 5.69 Å². The second kappa shape index (κ2) is 5.13. The Morgan fingerprint density at radius 2 is 2.05 bits per heavy atom. The summed E-state index contributed by atoms with van der Waals surface area (Å²) in [5, 5.41) is 0. The maximum absolute atomic E-state index is 12.1. The molecule has 20 heavy (non-hydrogen) atoms. The minimum absolute atomic E-state index is 0.0501. The van der Waals surface area contributed by atoms with Crippen LogP contribution in [-0.4, -0.2) is 24.0 Å². The second-order valence-electron chi connectivity index (χ2n) is 5.26. The van der Waals surface area contributed by atoms with Gasteiger partial charge in [0.1, 0.15) is 5.78 Å². The molecule has 1 aromatic rings. The summed E-state index contributed by atoms with van der Waals surface area (Å²) in [6, 6.07) is 5.34. The summed E-state index contributed by atoms with van der Waals surface area (Å²) >= 11 is 3.32. The average Bonchev–Trinajstić information content (AvgIpc) is 2.93. The Labute approximate surface area is 125 Å². The molecule has 5 heteroatoms. The van der Waals surface area contributed by atoms with Crippen LogP contribution in [0.2, 0.25) is 0 Å². The molecule has 1 unspecified atom stereocenters. The Morgan fingerprint density at radius 3 is 2.75 bits per heavy atom. The fourth-order valence-electron chi connectivity index (χ4n) is 3.00. The van der Waals surface area contributed by atoms with Crippen LogP contribution < -0.4 is 4.90 Å². The molecule has 0 saturated heterocycles. The lowest BCUT2D eigenvalue weighted by atomic mass is 10.0. The van der Waals surface area contributed by atoms with Gasteiger partial charge in [-0.2, -0.15) is 0 Å². The number of hydrogen-bond donors (Lipinski definition) is 0. The van der Waals surface area contributed by atoms with Crippen LogP contribution in [0.5, 0.6) is 0 Å². The molecule has 0 bridgehead atoms. The number of anilines is 1. The van der Waals surface area contributed by atoms with Gasteiger partial charge in [0.05, 0.1) is 11.3 Å². The number of carbonyl (C=O) groups is 3. The molecule has 104 valence electrons. The molecule has 0 spiro atoms. The van der Waals surface area contributed by atoms with E-state index in [0.29, 0.717) is 35.1 Å². The lowest BCUT2D eigenvalue weighted by Crippen LogP contribution is -2.32. The minimum Gasteiger partial charge on any atom is -0.305 e. The summed E-state index contributed by atoms with van der Waals surface area (Å²) in [6.45, 7) is 0.435. The third-order valence-corrected chi connectivity index (χ3v) is 4.74. The number of fused-ring (bicyclic) bond motifs is 1. The average molecular weight is 336 g/mol. The van der Waals surface area contributed by atoms with E-state index in [0.717, 1.165) is 12.8 Å².